The summed E-state index contributed by atoms with van der Waals surface area (Å²) in [7, 11) is 1.98. The summed E-state index contributed by atoms with van der Waals surface area (Å²) >= 11 is 12.2. The van der Waals surface area contributed by atoms with Gasteiger partial charge in [-0.05, 0) is 54.1 Å². The monoisotopic (exact) mass is 453 g/mol. The topological polar surface area (TPSA) is 38.2 Å². The Hall–Kier alpha value is -2.35. The van der Waals surface area contributed by atoms with Crippen LogP contribution in [0.4, 0.5) is 13.2 Å². The summed E-state index contributed by atoms with van der Waals surface area (Å²) in [6, 6.07) is 11.3. The van der Waals surface area contributed by atoms with Gasteiger partial charge in [-0.25, -0.2) is 4.39 Å². The first-order valence-electron chi connectivity index (χ1n) is 9.06. The van der Waals surface area contributed by atoms with Gasteiger partial charge in [0.2, 0.25) is 5.88 Å². The maximum absolute atomic E-state index is 15.0. The second kappa shape index (κ2) is 8.41. The standard InChI is InChI=1S/C21H16Cl2F3N3O/c1-29-9-12-6-14(19-4-5-20(28-27-19)30-21(25)26)18(24)8-13(12)15(10-29)11-2-3-16(22)17(23)7-11/h2-8,15,21H,9-10H2,1H3. The van der Waals surface area contributed by atoms with Crippen molar-refractivity contribution >= 4 is 23.2 Å². The van der Waals surface area contributed by atoms with Gasteiger partial charge in [-0.1, -0.05) is 29.3 Å². The molecule has 1 aliphatic heterocycles. The van der Waals surface area contributed by atoms with E-state index in [0.29, 0.717) is 23.1 Å². The summed E-state index contributed by atoms with van der Waals surface area (Å²) in [4.78, 5) is 2.13. The van der Waals surface area contributed by atoms with Gasteiger partial charge < -0.3 is 9.64 Å². The van der Waals surface area contributed by atoms with E-state index in [4.69, 9.17) is 23.2 Å². The molecule has 1 aliphatic rings. The molecule has 0 N–H and O–H groups in total. The fraction of sp³-hybridized carbons (Fsp3) is 0.238. The van der Waals surface area contributed by atoms with E-state index in [1.165, 1.54) is 18.2 Å². The van der Waals surface area contributed by atoms with Crippen LogP contribution in [0.1, 0.15) is 22.6 Å². The predicted molar refractivity (Wildman–Crippen MR) is 109 cm³/mol. The van der Waals surface area contributed by atoms with Crippen LogP contribution < -0.4 is 4.74 Å². The smallest absolute Gasteiger partial charge is 0.388 e. The number of hydrogen-bond donors (Lipinski definition) is 0. The molecule has 1 unspecified atom stereocenters. The minimum Gasteiger partial charge on any atom is -0.415 e. The summed E-state index contributed by atoms with van der Waals surface area (Å²) in [6.07, 6.45) is 0. The molecule has 2 aromatic carbocycles. The third kappa shape index (κ3) is 4.24. The first-order chi connectivity index (χ1) is 14.3. The van der Waals surface area contributed by atoms with E-state index >= 15 is 4.39 Å². The van der Waals surface area contributed by atoms with Crippen molar-refractivity contribution in [1.29, 1.82) is 0 Å². The lowest BCUT2D eigenvalue weighted by molar-refractivity contribution is -0.0534. The number of nitrogens with zero attached hydrogens (tertiary/aromatic N) is 3. The van der Waals surface area contributed by atoms with Crippen molar-refractivity contribution in [2.75, 3.05) is 13.6 Å². The van der Waals surface area contributed by atoms with E-state index in [1.54, 1.807) is 18.2 Å². The van der Waals surface area contributed by atoms with Gasteiger partial charge in [0, 0.05) is 30.6 Å². The van der Waals surface area contributed by atoms with Crippen LogP contribution in [0.2, 0.25) is 10.0 Å². The van der Waals surface area contributed by atoms with Crippen LogP contribution in [-0.2, 0) is 6.54 Å². The Labute approximate surface area is 181 Å². The Morgan fingerprint density at radius 1 is 1.07 bits per heavy atom. The number of alkyl halides is 2. The van der Waals surface area contributed by atoms with Crippen molar-refractivity contribution in [3.05, 3.63) is 75.0 Å². The summed E-state index contributed by atoms with van der Waals surface area (Å²) in [5, 5.41) is 8.33. The number of ether oxygens (including phenoxy) is 1. The molecule has 0 bridgehead atoms. The first kappa shape index (κ1) is 20.9. The van der Waals surface area contributed by atoms with E-state index in [1.807, 2.05) is 13.1 Å². The summed E-state index contributed by atoms with van der Waals surface area (Å²) in [5.74, 6) is -0.878. The minimum absolute atomic E-state index is 0.0787. The Morgan fingerprint density at radius 3 is 2.53 bits per heavy atom. The van der Waals surface area contributed by atoms with Crippen molar-refractivity contribution in [3.8, 4) is 17.1 Å². The zero-order chi connectivity index (χ0) is 21.4. The average Bonchev–Trinajstić information content (AvgIpc) is 2.70. The summed E-state index contributed by atoms with van der Waals surface area (Å²) in [5.41, 5.74) is 3.21. The van der Waals surface area contributed by atoms with Crippen LogP contribution in [0.15, 0.2) is 42.5 Å². The van der Waals surface area contributed by atoms with Gasteiger partial charge in [0.05, 0.1) is 15.7 Å². The number of aromatic nitrogens is 2. The van der Waals surface area contributed by atoms with E-state index in [9.17, 15) is 8.78 Å². The molecule has 1 atom stereocenters. The van der Waals surface area contributed by atoms with Crippen molar-refractivity contribution < 1.29 is 17.9 Å². The number of hydrogen-bond acceptors (Lipinski definition) is 4. The molecule has 0 amide bonds. The van der Waals surface area contributed by atoms with Crippen LogP contribution in [0.25, 0.3) is 11.3 Å². The van der Waals surface area contributed by atoms with Crippen LogP contribution in [0, 0.1) is 5.82 Å². The molecule has 2 heterocycles. The van der Waals surface area contributed by atoms with Crippen molar-refractivity contribution in [1.82, 2.24) is 15.1 Å². The van der Waals surface area contributed by atoms with Crippen molar-refractivity contribution in [2.24, 2.45) is 0 Å². The molecule has 3 aromatic rings. The Kier molecular flexibility index (Phi) is 5.86. The zero-order valence-electron chi connectivity index (χ0n) is 15.8. The minimum atomic E-state index is -3.00. The van der Waals surface area contributed by atoms with E-state index in [-0.39, 0.29) is 23.1 Å². The highest BCUT2D eigenvalue weighted by Crippen LogP contribution is 2.38. The second-order valence-corrected chi connectivity index (χ2v) is 7.90. The Bertz CT molecular complexity index is 1080. The fourth-order valence-electron chi connectivity index (χ4n) is 3.69. The maximum Gasteiger partial charge on any atom is 0.388 e. The number of likely N-dealkylation sites (N-methyl/N-ethyl adjacent to an activating group) is 1. The second-order valence-electron chi connectivity index (χ2n) is 7.09. The van der Waals surface area contributed by atoms with Crippen LogP contribution in [-0.4, -0.2) is 35.3 Å². The molecule has 0 spiro atoms. The number of rotatable bonds is 4. The zero-order valence-corrected chi connectivity index (χ0v) is 17.3. The molecular weight excluding hydrogens is 438 g/mol. The third-order valence-electron chi connectivity index (χ3n) is 5.01. The highest BCUT2D eigenvalue weighted by molar-refractivity contribution is 6.42. The quantitative estimate of drug-likeness (QED) is 0.502. The third-order valence-corrected chi connectivity index (χ3v) is 5.75. The predicted octanol–water partition coefficient (Wildman–Crippen LogP) is 5.77. The number of halogens is 5. The molecule has 0 aliphatic carbocycles. The van der Waals surface area contributed by atoms with Gasteiger partial charge in [-0.3, -0.25) is 0 Å². The normalized spacial score (nSPS) is 16.6. The Balaban J connectivity index is 1.72. The highest BCUT2D eigenvalue weighted by Gasteiger charge is 2.27. The van der Waals surface area contributed by atoms with E-state index in [0.717, 1.165) is 16.7 Å². The lowest BCUT2D eigenvalue weighted by atomic mass is 9.83. The van der Waals surface area contributed by atoms with Crippen molar-refractivity contribution in [3.63, 3.8) is 0 Å². The van der Waals surface area contributed by atoms with Crippen molar-refractivity contribution in [2.45, 2.75) is 19.1 Å². The largest absolute Gasteiger partial charge is 0.415 e. The van der Waals surface area contributed by atoms with E-state index in [2.05, 4.69) is 19.8 Å². The molecule has 1 aromatic heterocycles. The van der Waals surface area contributed by atoms with Crippen LogP contribution in [0.5, 0.6) is 5.88 Å². The van der Waals surface area contributed by atoms with Gasteiger partial charge in [0.15, 0.2) is 0 Å². The number of benzene rings is 2. The SMILES string of the molecule is CN1Cc2cc(-c3ccc(OC(F)F)nn3)c(F)cc2C(c2ccc(Cl)c(Cl)c2)C1. The summed E-state index contributed by atoms with van der Waals surface area (Å²) < 4.78 is 43.8. The number of fused-ring (bicyclic) bond motifs is 1. The van der Waals surface area contributed by atoms with Crippen LogP contribution >= 0.6 is 23.2 Å². The van der Waals surface area contributed by atoms with Gasteiger partial charge in [0.25, 0.3) is 0 Å². The van der Waals surface area contributed by atoms with Gasteiger partial charge in [-0.2, -0.15) is 8.78 Å². The molecule has 9 heteroatoms. The molecule has 0 saturated carbocycles. The van der Waals surface area contributed by atoms with E-state index < -0.39 is 12.4 Å². The molecule has 4 nitrogen and oxygen atoms in total. The Morgan fingerprint density at radius 2 is 1.87 bits per heavy atom. The molecule has 4 rings (SSSR count). The molecule has 0 fully saturated rings. The van der Waals surface area contributed by atoms with Gasteiger partial charge in [-0.15, -0.1) is 10.2 Å². The lowest BCUT2D eigenvalue weighted by Crippen LogP contribution is -2.31. The lowest BCUT2D eigenvalue weighted by Gasteiger charge is -2.33. The van der Waals surface area contributed by atoms with Crippen LogP contribution in [0.3, 0.4) is 0 Å². The average molecular weight is 454 g/mol. The molecule has 30 heavy (non-hydrogen) atoms. The molecular formula is C21H16Cl2F3N3O. The first-order valence-corrected chi connectivity index (χ1v) is 9.82. The maximum atomic E-state index is 15.0. The van der Waals surface area contributed by atoms with Gasteiger partial charge in [0.1, 0.15) is 5.82 Å². The highest BCUT2D eigenvalue weighted by atomic mass is 35.5. The van der Waals surface area contributed by atoms with Gasteiger partial charge >= 0.3 is 6.61 Å². The fourth-order valence-corrected chi connectivity index (χ4v) is 3.99. The molecule has 0 saturated heterocycles. The molecule has 156 valence electrons. The summed E-state index contributed by atoms with van der Waals surface area (Å²) in [6.45, 7) is -1.68. The molecule has 0 radical (unpaired) electrons.